The summed E-state index contributed by atoms with van der Waals surface area (Å²) in [5.74, 6) is -1.04. The highest BCUT2D eigenvalue weighted by atomic mass is 19.1. The van der Waals surface area contributed by atoms with Crippen molar-refractivity contribution < 1.29 is 14.3 Å². The number of halogens is 1. The molecule has 0 atom stereocenters. The fourth-order valence-electron chi connectivity index (χ4n) is 0.722. The molecular formula is C7H7FN2O2. The normalized spacial score (nSPS) is 10.8. The van der Waals surface area contributed by atoms with Crippen LogP contribution >= 0.6 is 0 Å². The van der Waals surface area contributed by atoms with Gasteiger partial charge in [0.15, 0.2) is 0 Å². The topological polar surface area (TPSA) is 55.1 Å². The molecule has 0 aromatic carbocycles. The summed E-state index contributed by atoms with van der Waals surface area (Å²) >= 11 is 0. The van der Waals surface area contributed by atoms with Crippen LogP contribution in [0.3, 0.4) is 0 Å². The van der Waals surface area contributed by atoms with Gasteiger partial charge in [0.1, 0.15) is 0 Å². The number of aromatic carboxylic acids is 1. The second-order valence-corrected chi connectivity index (χ2v) is 2.12. The second kappa shape index (κ2) is 3.66. The van der Waals surface area contributed by atoms with Crippen LogP contribution in [0.25, 0.3) is 0 Å². The first-order chi connectivity index (χ1) is 5.74. The van der Waals surface area contributed by atoms with E-state index in [-0.39, 0.29) is 12.1 Å². The molecule has 1 heterocycles. The van der Waals surface area contributed by atoms with Crippen LogP contribution in [0.1, 0.15) is 10.4 Å². The van der Waals surface area contributed by atoms with Crippen LogP contribution in [0.5, 0.6) is 0 Å². The molecule has 1 aromatic rings. The van der Waals surface area contributed by atoms with Crippen molar-refractivity contribution >= 4 is 5.97 Å². The fourth-order valence-corrected chi connectivity index (χ4v) is 0.722. The number of aromatic nitrogens is 2. The molecule has 0 saturated carbocycles. The summed E-state index contributed by atoms with van der Waals surface area (Å²) in [5.41, 5.74) is 0.0993. The van der Waals surface area contributed by atoms with E-state index in [0.717, 1.165) is 0 Å². The number of nitrogens with zero attached hydrogens (tertiary/aromatic N) is 2. The maximum atomic E-state index is 11.5. The van der Waals surface area contributed by atoms with Gasteiger partial charge in [-0.25, -0.2) is 9.18 Å². The molecule has 0 aliphatic heterocycles. The average Bonchev–Trinajstić information content (AvgIpc) is 2.48. The SMILES string of the molecule is O=C(O)c1cnn(C/C=C/F)c1. The van der Waals surface area contributed by atoms with Gasteiger partial charge < -0.3 is 5.11 Å². The van der Waals surface area contributed by atoms with E-state index >= 15 is 0 Å². The van der Waals surface area contributed by atoms with Gasteiger partial charge in [-0.1, -0.05) is 0 Å². The summed E-state index contributed by atoms with van der Waals surface area (Å²) in [6, 6.07) is 0. The van der Waals surface area contributed by atoms with Gasteiger partial charge >= 0.3 is 5.97 Å². The fraction of sp³-hybridized carbons (Fsp3) is 0.143. The van der Waals surface area contributed by atoms with Crippen molar-refractivity contribution in [2.24, 2.45) is 0 Å². The monoisotopic (exact) mass is 170 g/mol. The Labute approximate surface area is 67.9 Å². The third-order valence-corrected chi connectivity index (χ3v) is 1.26. The van der Waals surface area contributed by atoms with Crippen molar-refractivity contribution in [1.29, 1.82) is 0 Å². The predicted molar refractivity (Wildman–Crippen MR) is 39.4 cm³/mol. The minimum Gasteiger partial charge on any atom is -0.478 e. The molecule has 0 fully saturated rings. The number of carboxylic acids is 1. The smallest absolute Gasteiger partial charge is 0.338 e. The predicted octanol–water partition coefficient (Wildman–Crippen LogP) is 1.06. The van der Waals surface area contributed by atoms with Crippen LogP contribution in [0, 0.1) is 0 Å². The van der Waals surface area contributed by atoms with Crippen LogP contribution in [-0.4, -0.2) is 20.9 Å². The first-order valence-corrected chi connectivity index (χ1v) is 3.25. The van der Waals surface area contributed by atoms with Crippen molar-refractivity contribution in [3.8, 4) is 0 Å². The Balaban J connectivity index is 2.70. The van der Waals surface area contributed by atoms with Gasteiger partial charge in [-0.3, -0.25) is 4.68 Å². The Morgan fingerprint density at radius 1 is 1.83 bits per heavy atom. The molecule has 5 heteroatoms. The highest BCUT2D eigenvalue weighted by Crippen LogP contribution is 1.97. The Kier molecular flexibility index (Phi) is 2.57. The van der Waals surface area contributed by atoms with E-state index < -0.39 is 5.97 Å². The van der Waals surface area contributed by atoms with Gasteiger partial charge in [-0.05, 0) is 6.08 Å². The summed E-state index contributed by atoms with van der Waals surface area (Å²) in [6.45, 7) is 0.240. The van der Waals surface area contributed by atoms with E-state index in [1.807, 2.05) is 0 Å². The Morgan fingerprint density at radius 2 is 2.58 bits per heavy atom. The van der Waals surface area contributed by atoms with E-state index in [9.17, 15) is 9.18 Å². The number of allylic oxidation sites excluding steroid dienone is 1. The summed E-state index contributed by atoms with van der Waals surface area (Å²) < 4.78 is 12.8. The van der Waals surface area contributed by atoms with Crippen molar-refractivity contribution in [2.75, 3.05) is 0 Å². The Bertz CT molecular complexity index is 306. The molecule has 1 rings (SSSR count). The van der Waals surface area contributed by atoms with E-state index in [4.69, 9.17) is 5.11 Å². The highest BCUT2D eigenvalue weighted by molar-refractivity contribution is 5.86. The maximum Gasteiger partial charge on any atom is 0.338 e. The molecule has 1 aromatic heterocycles. The second-order valence-electron chi connectivity index (χ2n) is 2.12. The van der Waals surface area contributed by atoms with Crippen molar-refractivity contribution in [1.82, 2.24) is 9.78 Å². The molecule has 0 unspecified atom stereocenters. The van der Waals surface area contributed by atoms with Crippen molar-refractivity contribution in [2.45, 2.75) is 6.54 Å². The van der Waals surface area contributed by atoms with Gasteiger partial charge in [-0.15, -0.1) is 0 Å². The minimum atomic E-state index is -1.04. The van der Waals surface area contributed by atoms with Crippen molar-refractivity contribution in [3.63, 3.8) is 0 Å². The van der Waals surface area contributed by atoms with Gasteiger partial charge in [0.2, 0.25) is 0 Å². The van der Waals surface area contributed by atoms with Crippen LogP contribution in [0.4, 0.5) is 4.39 Å². The summed E-state index contributed by atoms with van der Waals surface area (Å²) in [6.07, 6.45) is 4.18. The minimum absolute atomic E-state index is 0.0993. The summed E-state index contributed by atoms with van der Waals surface area (Å²) in [5, 5.41) is 12.2. The zero-order valence-corrected chi connectivity index (χ0v) is 6.14. The lowest BCUT2D eigenvalue weighted by atomic mass is 10.4. The van der Waals surface area contributed by atoms with Crippen LogP contribution in [0.15, 0.2) is 24.8 Å². The first-order valence-electron chi connectivity index (χ1n) is 3.25. The molecule has 0 radical (unpaired) electrons. The Morgan fingerprint density at radius 3 is 3.08 bits per heavy atom. The quantitative estimate of drug-likeness (QED) is 0.738. The molecule has 0 amide bonds. The zero-order valence-electron chi connectivity index (χ0n) is 6.14. The zero-order chi connectivity index (χ0) is 8.97. The van der Waals surface area contributed by atoms with Gasteiger partial charge in [0.25, 0.3) is 0 Å². The highest BCUT2D eigenvalue weighted by Gasteiger charge is 2.03. The standard InChI is InChI=1S/C7H7FN2O2/c8-2-1-3-10-5-6(4-9-10)7(11)12/h1-2,4-5H,3H2,(H,11,12)/b2-1+. The molecule has 0 spiro atoms. The van der Waals surface area contributed by atoms with Gasteiger partial charge in [0.05, 0.1) is 24.6 Å². The molecule has 0 saturated heterocycles. The molecular weight excluding hydrogens is 163 g/mol. The summed E-state index contributed by atoms with van der Waals surface area (Å²) in [7, 11) is 0. The van der Waals surface area contributed by atoms with E-state index in [0.29, 0.717) is 6.33 Å². The molecule has 0 aliphatic rings. The first kappa shape index (κ1) is 8.45. The molecule has 12 heavy (non-hydrogen) atoms. The molecule has 0 aliphatic carbocycles. The number of rotatable bonds is 3. The third-order valence-electron chi connectivity index (χ3n) is 1.26. The maximum absolute atomic E-state index is 11.5. The largest absolute Gasteiger partial charge is 0.478 e. The van der Waals surface area contributed by atoms with Crippen LogP contribution in [-0.2, 0) is 6.54 Å². The lowest BCUT2D eigenvalue weighted by Gasteiger charge is -1.90. The number of carboxylic acid groups (broad SMARTS) is 1. The molecule has 0 bridgehead atoms. The lowest BCUT2D eigenvalue weighted by Crippen LogP contribution is -1.96. The van der Waals surface area contributed by atoms with Gasteiger partial charge in [-0.2, -0.15) is 5.10 Å². The number of hydrogen-bond acceptors (Lipinski definition) is 2. The third kappa shape index (κ3) is 1.91. The van der Waals surface area contributed by atoms with Crippen LogP contribution < -0.4 is 0 Å². The number of hydrogen-bond donors (Lipinski definition) is 1. The van der Waals surface area contributed by atoms with Crippen LogP contribution in [0.2, 0.25) is 0 Å². The Hall–Kier alpha value is -1.65. The van der Waals surface area contributed by atoms with E-state index in [1.54, 1.807) is 0 Å². The molecule has 64 valence electrons. The van der Waals surface area contributed by atoms with E-state index in [2.05, 4.69) is 5.10 Å². The molecule has 4 nitrogen and oxygen atoms in total. The van der Waals surface area contributed by atoms with E-state index in [1.165, 1.54) is 23.2 Å². The van der Waals surface area contributed by atoms with Gasteiger partial charge in [0, 0.05) is 6.20 Å². The molecule has 1 N–H and O–H groups in total. The average molecular weight is 170 g/mol. The van der Waals surface area contributed by atoms with Crippen molar-refractivity contribution in [3.05, 3.63) is 30.4 Å². The summed E-state index contributed by atoms with van der Waals surface area (Å²) in [4.78, 5) is 10.3. The number of carbonyl (C=O) groups is 1. The lowest BCUT2D eigenvalue weighted by molar-refractivity contribution is 0.0697.